The van der Waals surface area contributed by atoms with Crippen molar-refractivity contribution in [1.29, 1.82) is 0 Å². The highest BCUT2D eigenvalue weighted by atomic mass is 32.2. The van der Waals surface area contributed by atoms with Gasteiger partial charge in [-0.1, -0.05) is 42.0 Å². The van der Waals surface area contributed by atoms with Crippen LogP contribution in [0.1, 0.15) is 44.6 Å². The van der Waals surface area contributed by atoms with Gasteiger partial charge in [-0.2, -0.15) is 0 Å². The molecule has 114 valence electrons. The van der Waals surface area contributed by atoms with Crippen LogP contribution in [-0.2, 0) is 10.5 Å². The third-order valence-corrected chi connectivity index (χ3v) is 5.06. The normalized spacial score (nSPS) is 16.1. The first-order valence-corrected chi connectivity index (χ1v) is 8.92. The Morgan fingerprint density at radius 3 is 2.81 bits per heavy atom. The van der Waals surface area contributed by atoms with Gasteiger partial charge >= 0.3 is 0 Å². The molecule has 0 unspecified atom stereocenters. The summed E-state index contributed by atoms with van der Waals surface area (Å²) in [5.41, 5.74) is 2.79. The van der Waals surface area contributed by atoms with Gasteiger partial charge in [-0.05, 0) is 44.6 Å². The molecule has 0 heterocycles. The number of rotatable bonds is 7. The fraction of sp³-hybridized carbons (Fsp3) is 0.500. The predicted octanol–water partition coefficient (Wildman–Crippen LogP) is 4.32. The Morgan fingerprint density at radius 1 is 1.29 bits per heavy atom. The maximum absolute atomic E-state index is 12.1. The summed E-state index contributed by atoms with van der Waals surface area (Å²) in [6.07, 6.45) is 8.43. The van der Waals surface area contributed by atoms with Crippen LogP contribution < -0.4 is 5.32 Å². The predicted molar refractivity (Wildman–Crippen MR) is 91.4 cm³/mol. The lowest BCUT2D eigenvalue weighted by Gasteiger charge is -2.15. The Morgan fingerprint density at radius 2 is 2.10 bits per heavy atom. The monoisotopic (exact) mass is 303 g/mol. The Kier molecular flexibility index (Phi) is 6.87. The number of hydrogen-bond acceptors (Lipinski definition) is 2. The van der Waals surface area contributed by atoms with Crippen LogP contribution in [0.25, 0.3) is 0 Å². The summed E-state index contributed by atoms with van der Waals surface area (Å²) < 4.78 is 0. The quantitative estimate of drug-likeness (QED) is 0.760. The van der Waals surface area contributed by atoms with Gasteiger partial charge in [0.2, 0.25) is 5.91 Å². The van der Waals surface area contributed by atoms with Crippen molar-refractivity contribution in [1.82, 2.24) is 5.32 Å². The molecule has 0 bridgehead atoms. The zero-order valence-corrected chi connectivity index (χ0v) is 13.6. The molecule has 2 rings (SSSR count). The van der Waals surface area contributed by atoms with Crippen LogP contribution in [0, 0.1) is 0 Å². The lowest BCUT2D eigenvalue weighted by Crippen LogP contribution is -2.32. The molecule has 1 N–H and O–H groups in total. The second-order valence-electron chi connectivity index (χ2n) is 5.59. The van der Waals surface area contributed by atoms with Gasteiger partial charge in [0.25, 0.3) is 0 Å². The highest BCUT2D eigenvalue weighted by molar-refractivity contribution is 7.99. The van der Waals surface area contributed by atoms with Crippen LogP contribution in [-0.4, -0.2) is 17.7 Å². The standard InChI is InChI=1S/C18H25NOS/c1-15(21-14-17-10-6-3-7-11-17)18(20)19-13-12-16-8-4-2-5-9-16/h3,6-8,10-11,15H,2,4-5,9,12-14H2,1H3,(H,19,20)/t15-/m1/s1. The van der Waals surface area contributed by atoms with Crippen molar-refractivity contribution >= 4 is 17.7 Å². The van der Waals surface area contributed by atoms with E-state index in [1.165, 1.54) is 36.8 Å². The average Bonchev–Trinajstić information content (AvgIpc) is 2.54. The van der Waals surface area contributed by atoms with Crippen LogP contribution in [0.15, 0.2) is 42.0 Å². The molecular formula is C18H25NOS. The van der Waals surface area contributed by atoms with E-state index >= 15 is 0 Å². The summed E-state index contributed by atoms with van der Waals surface area (Å²) in [5.74, 6) is 1.05. The zero-order chi connectivity index (χ0) is 14.9. The fourth-order valence-electron chi connectivity index (χ4n) is 2.49. The molecule has 1 aliphatic carbocycles. The van der Waals surface area contributed by atoms with Crippen molar-refractivity contribution in [3.05, 3.63) is 47.5 Å². The number of hydrogen-bond donors (Lipinski definition) is 1. The highest BCUT2D eigenvalue weighted by Crippen LogP contribution is 2.20. The number of carbonyl (C=O) groups excluding carboxylic acids is 1. The van der Waals surface area contributed by atoms with E-state index in [2.05, 4.69) is 23.5 Å². The van der Waals surface area contributed by atoms with Crippen LogP contribution >= 0.6 is 11.8 Å². The summed E-state index contributed by atoms with van der Waals surface area (Å²) >= 11 is 1.70. The van der Waals surface area contributed by atoms with E-state index in [4.69, 9.17) is 0 Å². The Balaban J connectivity index is 1.64. The Labute approximate surface area is 132 Å². The number of nitrogens with one attached hydrogen (secondary N) is 1. The molecule has 1 amide bonds. The number of carbonyl (C=O) groups is 1. The van der Waals surface area contributed by atoms with Crippen molar-refractivity contribution in [3.63, 3.8) is 0 Å². The molecule has 0 radical (unpaired) electrons. The minimum absolute atomic E-state index is 0.00513. The largest absolute Gasteiger partial charge is 0.355 e. The van der Waals surface area contributed by atoms with E-state index in [0.717, 1.165) is 18.7 Å². The van der Waals surface area contributed by atoms with Crippen LogP contribution in [0.3, 0.4) is 0 Å². The molecule has 0 aromatic heterocycles. The summed E-state index contributed by atoms with van der Waals surface area (Å²) in [6.45, 7) is 2.77. The first-order chi connectivity index (χ1) is 10.3. The summed E-state index contributed by atoms with van der Waals surface area (Å²) in [6, 6.07) is 10.3. The van der Waals surface area contributed by atoms with Gasteiger partial charge in [0.05, 0.1) is 5.25 Å². The minimum atomic E-state index is 0.00513. The van der Waals surface area contributed by atoms with Gasteiger partial charge in [-0.15, -0.1) is 11.8 Å². The third kappa shape index (κ3) is 5.96. The number of thioether (sulfide) groups is 1. The van der Waals surface area contributed by atoms with Crippen LogP contribution in [0.4, 0.5) is 0 Å². The molecule has 3 heteroatoms. The van der Waals surface area contributed by atoms with E-state index in [-0.39, 0.29) is 11.2 Å². The lowest BCUT2D eigenvalue weighted by atomic mass is 9.97. The van der Waals surface area contributed by atoms with Gasteiger partial charge in [-0.25, -0.2) is 0 Å². The van der Waals surface area contributed by atoms with Gasteiger partial charge in [0.15, 0.2) is 0 Å². The molecule has 1 aromatic rings. The number of allylic oxidation sites excluding steroid dienone is 1. The summed E-state index contributed by atoms with van der Waals surface area (Å²) in [7, 11) is 0. The van der Waals surface area contributed by atoms with Gasteiger partial charge in [-0.3, -0.25) is 4.79 Å². The molecule has 0 fully saturated rings. The van der Waals surface area contributed by atoms with E-state index in [1.54, 1.807) is 11.8 Å². The van der Waals surface area contributed by atoms with Crippen LogP contribution in [0.5, 0.6) is 0 Å². The molecule has 0 saturated heterocycles. The molecule has 0 saturated carbocycles. The van der Waals surface area contributed by atoms with Gasteiger partial charge < -0.3 is 5.32 Å². The molecular weight excluding hydrogens is 278 g/mol. The first kappa shape index (κ1) is 16.2. The topological polar surface area (TPSA) is 29.1 Å². The van der Waals surface area contributed by atoms with Gasteiger partial charge in [0, 0.05) is 12.3 Å². The lowest BCUT2D eigenvalue weighted by molar-refractivity contribution is -0.120. The van der Waals surface area contributed by atoms with Crippen molar-refractivity contribution in [3.8, 4) is 0 Å². The Hall–Kier alpha value is -1.22. The average molecular weight is 303 g/mol. The summed E-state index contributed by atoms with van der Waals surface area (Å²) in [4.78, 5) is 12.1. The smallest absolute Gasteiger partial charge is 0.232 e. The van der Waals surface area contributed by atoms with Crippen LogP contribution in [0.2, 0.25) is 0 Å². The number of benzene rings is 1. The van der Waals surface area contributed by atoms with E-state index in [0.29, 0.717) is 0 Å². The molecule has 1 aromatic carbocycles. The summed E-state index contributed by atoms with van der Waals surface area (Å²) in [5, 5.41) is 3.07. The molecule has 0 aliphatic heterocycles. The third-order valence-electron chi connectivity index (χ3n) is 3.84. The van der Waals surface area contributed by atoms with Crippen molar-refractivity contribution in [2.75, 3.05) is 6.54 Å². The van der Waals surface area contributed by atoms with Crippen molar-refractivity contribution in [2.24, 2.45) is 0 Å². The second-order valence-corrected chi connectivity index (χ2v) is 6.92. The zero-order valence-electron chi connectivity index (χ0n) is 12.8. The molecule has 1 aliphatic rings. The first-order valence-electron chi connectivity index (χ1n) is 7.87. The van der Waals surface area contributed by atoms with E-state index < -0.39 is 0 Å². The van der Waals surface area contributed by atoms with E-state index in [9.17, 15) is 4.79 Å². The highest BCUT2D eigenvalue weighted by Gasteiger charge is 2.13. The van der Waals surface area contributed by atoms with E-state index in [1.807, 2.05) is 25.1 Å². The maximum Gasteiger partial charge on any atom is 0.232 e. The second kappa shape index (κ2) is 8.93. The fourth-order valence-corrected chi connectivity index (χ4v) is 3.36. The van der Waals surface area contributed by atoms with Crippen molar-refractivity contribution < 1.29 is 4.79 Å². The molecule has 1 atom stereocenters. The molecule has 21 heavy (non-hydrogen) atoms. The van der Waals surface area contributed by atoms with Gasteiger partial charge in [0.1, 0.15) is 0 Å². The Bertz CT molecular complexity index is 469. The number of amides is 1. The molecule has 0 spiro atoms. The molecule has 2 nitrogen and oxygen atoms in total. The SMILES string of the molecule is C[C@@H](SCc1ccccc1)C(=O)NCCC1=CCCCC1. The maximum atomic E-state index is 12.1. The van der Waals surface area contributed by atoms with Crippen molar-refractivity contribution in [2.45, 2.75) is 50.0 Å². The minimum Gasteiger partial charge on any atom is -0.355 e.